The average molecular weight is 297 g/mol. The Balaban J connectivity index is 1.99. The van der Waals surface area contributed by atoms with Gasteiger partial charge in [0.25, 0.3) is 0 Å². The maximum absolute atomic E-state index is 11.6. The molecule has 1 aliphatic rings. The molecule has 0 amide bonds. The number of benzene rings is 1. The molecule has 0 aliphatic carbocycles. The van der Waals surface area contributed by atoms with Crippen LogP contribution in [0.2, 0.25) is 0 Å². The molecule has 2 rings (SSSR count). The second-order valence-corrected chi connectivity index (χ2v) is 7.26. The maximum Gasteiger partial charge on any atom is 0.231 e. The van der Waals surface area contributed by atoms with E-state index in [1.165, 1.54) is 16.1 Å². The molecule has 1 heterocycles. The smallest absolute Gasteiger partial charge is 0.231 e. The Bertz CT molecular complexity index is 539. The van der Waals surface area contributed by atoms with Gasteiger partial charge in [0.05, 0.1) is 11.9 Å². The Kier molecular flexibility index (Phi) is 5.01. The summed E-state index contributed by atoms with van der Waals surface area (Å²) in [6, 6.07) is 7.77. The average Bonchev–Trinajstić information content (AvgIpc) is 2.45. The van der Waals surface area contributed by atoms with Crippen LogP contribution in [0.1, 0.15) is 5.56 Å². The molecule has 1 aliphatic heterocycles. The second kappa shape index (κ2) is 6.56. The van der Waals surface area contributed by atoms with Gasteiger partial charge in [-0.1, -0.05) is 12.1 Å². The number of anilines is 1. The molecule has 0 radical (unpaired) electrons. The summed E-state index contributed by atoms with van der Waals surface area (Å²) in [5, 5.41) is 3.34. The summed E-state index contributed by atoms with van der Waals surface area (Å²) in [5.41, 5.74) is 1.90. The molecule has 20 heavy (non-hydrogen) atoms. The summed E-state index contributed by atoms with van der Waals surface area (Å²) in [6.07, 6.45) is 2.17. The van der Waals surface area contributed by atoms with Crippen molar-refractivity contribution in [2.45, 2.75) is 6.42 Å². The third-order valence-corrected chi connectivity index (χ3v) is 4.90. The summed E-state index contributed by atoms with van der Waals surface area (Å²) >= 11 is 0. The Morgan fingerprint density at radius 1 is 1.30 bits per heavy atom. The zero-order chi connectivity index (χ0) is 14.6. The highest BCUT2D eigenvalue weighted by molar-refractivity contribution is 7.92. The predicted octanol–water partition coefficient (Wildman–Crippen LogP) is 0.530. The minimum atomic E-state index is -3.19. The number of nitrogens with one attached hydrogen (secondary N) is 1. The zero-order valence-corrected chi connectivity index (χ0v) is 13.0. The Labute approximate surface area is 121 Å². The SMILES string of the molecule is CN(c1cccc(CCN2CCNCC2)c1)S(C)(=O)=O. The van der Waals surface area contributed by atoms with Crippen molar-refractivity contribution in [2.24, 2.45) is 0 Å². The molecule has 1 aromatic carbocycles. The van der Waals surface area contributed by atoms with Gasteiger partial charge in [-0.2, -0.15) is 0 Å². The van der Waals surface area contributed by atoms with Crippen molar-refractivity contribution in [1.29, 1.82) is 0 Å². The van der Waals surface area contributed by atoms with Gasteiger partial charge in [0.15, 0.2) is 0 Å². The van der Waals surface area contributed by atoms with Crippen LogP contribution in [-0.4, -0.2) is 59.3 Å². The van der Waals surface area contributed by atoms with Crippen LogP contribution in [0.15, 0.2) is 24.3 Å². The van der Waals surface area contributed by atoms with Gasteiger partial charge in [-0.15, -0.1) is 0 Å². The van der Waals surface area contributed by atoms with Crippen LogP contribution < -0.4 is 9.62 Å². The van der Waals surface area contributed by atoms with E-state index in [-0.39, 0.29) is 0 Å². The quantitative estimate of drug-likeness (QED) is 0.861. The van der Waals surface area contributed by atoms with Gasteiger partial charge in [-0.05, 0) is 24.1 Å². The third-order valence-electron chi connectivity index (χ3n) is 3.70. The Hall–Kier alpha value is -1.11. The van der Waals surface area contributed by atoms with E-state index in [0.717, 1.165) is 44.8 Å². The molecule has 0 unspecified atom stereocenters. The lowest BCUT2D eigenvalue weighted by Crippen LogP contribution is -2.44. The zero-order valence-electron chi connectivity index (χ0n) is 12.2. The van der Waals surface area contributed by atoms with Gasteiger partial charge in [0, 0.05) is 39.8 Å². The van der Waals surface area contributed by atoms with Crippen molar-refractivity contribution >= 4 is 15.7 Å². The summed E-state index contributed by atoms with van der Waals surface area (Å²) < 4.78 is 24.4. The largest absolute Gasteiger partial charge is 0.314 e. The van der Waals surface area contributed by atoms with Gasteiger partial charge in [0.1, 0.15) is 0 Å². The topological polar surface area (TPSA) is 52.6 Å². The molecule has 112 valence electrons. The lowest BCUT2D eigenvalue weighted by molar-refractivity contribution is 0.244. The van der Waals surface area contributed by atoms with Crippen molar-refractivity contribution in [2.75, 3.05) is 50.3 Å². The maximum atomic E-state index is 11.6. The minimum absolute atomic E-state index is 0.727. The van der Waals surface area contributed by atoms with E-state index >= 15 is 0 Å². The Morgan fingerprint density at radius 3 is 2.65 bits per heavy atom. The summed E-state index contributed by atoms with van der Waals surface area (Å²) in [6.45, 7) is 5.30. The van der Waals surface area contributed by atoms with E-state index in [2.05, 4.69) is 16.3 Å². The van der Waals surface area contributed by atoms with Crippen LogP contribution in [0.4, 0.5) is 5.69 Å². The molecule has 0 aromatic heterocycles. The first-order valence-corrected chi connectivity index (χ1v) is 8.77. The van der Waals surface area contributed by atoms with Crippen LogP contribution >= 0.6 is 0 Å². The van der Waals surface area contributed by atoms with Crippen molar-refractivity contribution < 1.29 is 8.42 Å². The molecule has 6 heteroatoms. The molecule has 0 atom stereocenters. The lowest BCUT2D eigenvalue weighted by Gasteiger charge is -2.27. The fraction of sp³-hybridized carbons (Fsp3) is 0.571. The first-order valence-electron chi connectivity index (χ1n) is 6.93. The van der Waals surface area contributed by atoms with Gasteiger partial charge < -0.3 is 10.2 Å². The van der Waals surface area contributed by atoms with Crippen LogP contribution in [0.25, 0.3) is 0 Å². The van der Waals surface area contributed by atoms with Gasteiger partial charge >= 0.3 is 0 Å². The fourth-order valence-corrected chi connectivity index (χ4v) is 2.82. The van der Waals surface area contributed by atoms with E-state index in [4.69, 9.17) is 0 Å². The monoisotopic (exact) mass is 297 g/mol. The van der Waals surface area contributed by atoms with E-state index < -0.39 is 10.0 Å². The van der Waals surface area contributed by atoms with Crippen molar-refractivity contribution in [3.05, 3.63) is 29.8 Å². The predicted molar refractivity (Wildman–Crippen MR) is 82.7 cm³/mol. The van der Waals surface area contributed by atoms with Crippen LogP contribution in [0.5, 0.6) is 0 Å². The van der Waals surface area contributed by atoms with Crippen molar-refractivity contribution in [3.63, 3.8) is 0 Å². The van der Waals surface area contributed by atoms with Gasteiger partial charge in [-0.25, -0.2) is 8.42 Å². The molecule has 0 bridgehead atoms. The first kappa shape index (κ1) is 15.3. The standard InChI is InChI=1S/C14H23N3O2S/c1-16(20(2,18)19)14-5-3-4-13(12-14)6-9-17-10-7-15-8-11-17/h3-5,12,15H,6-11H2,1-2H3. The van der Waals surface area contributed by atoms with Crippen molar-refractivity contribution in [1.82, 2.24) is 10.2 Å². The molecule has 5 nitrogen and oxygen atoms in total. The number of sulfonamides is 1. The number of rotatable bonds is 5. The van der Waals surface area contributed by atoms with E-state index in [9.17, 15) is 8.42 Å². The molecular weight excluding hydrogens is 274 g/mol. The third kappa shape index (κ3) is 4.19. The number of piperazine rings is 1. The second-order valence-electron chi connectivity index (χ2n) is 5.24. The number of hydrogen-bond donors (Lipinski definition) is 1. The molecular formula is C14H23N3O2S. The Morgan fingerprint density at radius 2 is 2.00 bits per heavy atom. The summed E-state index contributed by atoms with van der Waals surface area (Å²) in [4.78, 5) is 2.43. The van der Waals surface area contributed by atoms with Crippen LogP contribution in [-0.2, 0) is 16.4 Å². The highest BCUT2D eigenvalue weighted by atomic mass is 32.2. The number of hydrogen-bond acceptors (Lipinski definition) is 4. The normalized spacial score (nSPS) is 17.1. The summed E-state index contributed by atoms with van der Waals surface area (Å²) in [5.74, 6) is 0. The first-order chi connectivity index (χ1) is 9.47. The van der Waals surface area contributed by atoms with Crippen LogP contribution in [0.3, 0.4) is 0 Å². The van der Waals surface area contributed by atoms with E-state index in [1.807, 2.05) is 18.2 Å². The highest BCUT2D eigenvalue weighted by Crippen LogP contribution is 2.17. The minimum Gasteiger partial charge on any atom is -0.314 e. The van der Waals surface area contributed by atoms with Gasteiger partial charge in [0.2, 0.25) is 10.0 Å². The molecule has 1 N–H and O–H groups in total. The van der Waals surface area contributed by atoms with Crippen molar-refractivity contribution in [3.8, 4) is 0 Å². The highest BCUT2D eigenvalue weighted by Gasteiger charge is 2.13. The summed E-state index contributed by atoms with van der Waals surface area (Å²) in [7, 11) is -1.61. The fourth-order valence-electron chi connectivity index (χ4n) is 2.32. The van der Waals surface area contributed by atoms with E-state index in [1.54, 1.807) is 7.05 Å². The molecule has 1 fully saturated rings. The number of nitrogens with zero attached hydrogens (tertiary/aromatic N) is 2. The molecule has 0 saturated carbocycles. The van der Waals surface area contributed by atoms with E-state index in [0.29, 0.717) is 0 Å². The molecule has 0 spiro atoms. The molecule has 1 saturated heterocycles. The molecule has 1 aromatic rings. The van der Waals surface area contributed by atoms with Gasteiger partial charge in [-0.3, -0.25) is 4.31 Å². The van der Waals surface area contributed by atoms with Crippen LogP contribution in [0, 0.1) is 0 Å². The lowest BCUT2D eigenvalue weighted by atomic mass is 10.1.